The van der Waals surface area contributed by atoms with Crippen molar-refractivity contribution in [3.05, 3.63) is 28.2 Å². The van der Waals surface area contributed by atoms with Gasteiger partial charge in [0.05, 0.1) is 0 Å². The van der Waals surface area contributed by atoms with Crippen LogP contribution in [0.5, 0.6) is 0 Å². The Labute approximate surface area is 123 Å². The lowest BCUT2D eigenvalue weighted by Gasteiger charge is -2.32. The summed E-state index contributed by atoms with van der Waals surface area (Å²) in [6, 6.07) is 6.82. The van der Waals surface area contributed by atoms with Gasteiger partial charge in [0.25, 0.3) is 0 Å². The second-order valence-corrected chi connectivity index (χ2v) is 6.02. The highest BCUT2D eigenvalue weighted by molar-refractivity contribution is 9.10. The van der Waals surface area contributed by atoms with Crippen LogP contribution in [0.2, 0.25) is 0 Å². The Morgan fingerprint density at radius 3 is 2.67 bits per heavy atom. The van der Waals surface area contributed by atoms with Crippen LogP contribution in [-0.4, -0.2) is 17.6 Å². The number of thiocarbonyl (C=S) groups is 1. The molecule has 2 N–H and O–H groups in total. The number of hydrogen-bond donors (Lipinski definition) is 1. The zero-order chi connectivity index (χ0) is 13.1. The number of nitrogens with two attached hydrogens (primary N) is 1. The quantitative estimate of drug-likeness (QED) is 0.852. The van der Waals surface area contributed by atoms with E-state index in [1.807, 2.05) is 6.07 Å². The summed E-state index contributed by atoms with van der Waals surface area (Å²) < 4.78 is 0.990. The molecule has 18 heavy (non-hydrogen) atoms. The molecule has 0 bridgehead atoms. The molecular weight excluding hydrogens is 308 g/mol. The largest absolute Gasteiger partial charge is 0.389 e. The molecule has 1 fully saturated rings. The van der Waals surface area contributed by atoms with Gasteiger partial charge in [-0.3, -0.25) is 0 Å². The van der Waals surface area contributed by atoms with Crippen molar-refractivity contribution in [1.29, 1.82) is 0 Å². The summed E-state index contributed by atoms with van der Waals surface area (Å²) in [5.74, 6) is 0. The van der Waals surface area contributed by atoms with Crippen LogP contribution < -0.4 is 10.6 Å². The Kier molecular flexibility index (Phi) is 4.62. The number of anilines is 1. The molecule has 1 aliphatic rings. The molecule has 2 rings (SSSR count). The van der Waals surface area contributed by atoms with Gasteiger partial charge in [-0.15, -0.1) is 0 Å². The van der Waals surface area contributed by atoms with Gasteiger partial charge in [0.1, 0.15) is 4.99 Å². The predicted octanol–water partition coefficient (Wildman–Crippen LogP) is 3.85. The summed E-state index contributed by atoms with van der Waals surface area (Å²) in [6.45, 7) is 3.19. The van der Waals surface area contributed by atoms with Crippen LogP contribution in [0.4, 0.5) is 5.69 Å². The van der Waals surface area contributed by atoms with Gasteiger partial charge < -0.3 is 10.6 Å². The molecule has 0 aliphatic heterocycles. The molecule has 0 unspecified atom stereocenters. The van der Waals surface area contributed by atoms with E-state index >= 15 is 0 Å². The Morgan fingerprint density at radius 1 is 1.44 bits per heavy atom. The summed E-state index contributed by atoms with van der Waals surface area (Å²) >= 11 is 8.76. The van der Waals surface area contributed by atoms with Gasteiger partial charge in [0.2, 0.25) is 0 Å². The van der Waals surface area contributed by atoms with Gasteiger partial charge in [-0.1, -0.05) is 31.1 Å². The SMILES string of the molecule is CCN(c1cccc(Br)c1C(N)=S)C1CCCC1. The number of hydrogen-bond acceptors (Lipinski definition) is 2. The van der Waals surface area contributed by atoms with Crippen LogP contribution in [0, 0.1) is 0 Å². The zero-order valence-corrected chi connectivity index (χ0v) is 13.1. The van der Waals surface area contributed by atoms with E-state index in [2.05, 4.69) is 39.9 Å². The van der Waals surface area contributed by atoms with E-state index in [-0.39, 0.29) is 0 Å². The van der Waals surface area contributed by atoms with E-state index in [1.54, 1.807) is 0 Å². The molecule has 0 amide bonds. The average Bonchev–Trinajstić information content (AvgIpc) is 2.83. The smallest absolute Gasteiger partial charge is 0.107 e. The van der Waals surface area contributed by atoms with Crippen molar-refractivity contribution in [2.45, 2.75) is 38.6 Å². The molecule has 0 heterocycles. The van der Waals surface area contributed by atoms with Crippen molar-refractivity contribution in [1.82, 2.24) is 0 Å². The van der Waals surface area contributed by atoms with Crippen LogP contribution in [-0.2, 0) is 0 Å². The first-order valence-electron chi connectivity index (χ1n) is 6.50. The summed E-state index contributed by atoms with van der Waals surface area (Å²) in [6.07, 6.45) is 5.21. The van der Waals surface area contributed by atoms with Crippen molar-refractivity contribution < 1.29 is 0 Å². The molecule has 98 valence electrons. The third kappa shape index (κ3) is 2.69. The maximum absolute atomic E-state index is 5.88. The first kappa shape index (κ1) is 13.8. The maximum atomic E-state index is 5.88. The van der Waals surface area contributed by atoms with E-state index in [1.165, 1.54) is 31.4 Å². The van der Waals surface area contributed by atoms with Gasteiger partial charge in [0.15, 0.2) is 0 Å². The maximum Gasteiger partial charge on any atom is 0.107 e. The normalized spacial score (nSPS) is 15.9. The number of nitrogens with zero attached hydrogens (tertiary/aromatic N) is 1. The second-order valence-electron chi connectivity index (χ2n) is 4.72. The van der Waals surface area contributed by atoms with E-state index in [9.17, 15) is 0 Å². The summed E-state index contributed by atoms with van der Waals surface area (Å²) in [7, 11) is 0. The molecule has 0 spiro atoms. The lowest BCUT2D eigenvalue weighted by atomic mass is 10.1. The van der Waals surface area contributed by atoms with Crippen molar-refractivity contribution in [2.24, 2.45) is 5.73 Å². The fraction of sp³-hybridized carbons (Fsp3) is 0.500. The minimum atomic E-state index is 0.467. The van der Waals surface area contributed by atoms with Gasteiger partial charge in [0, 0.05) is 28.3 Å². The van der Waals surface area contributed by atoms with Crippen molar-refractivity contribution in [2.75, 3.05) is 11.4 Å². The monoisotopic (exact) mass is 326 g/mol. The Hall–Kier alpha value is -0.610. The Balaban J connectivity index is 2.41. The molecular formula is C14H19BrN2S. The first-order chi connectivity index (χ1) is 8.65. The third-order valence-corrected chi connectivity index (χ3v) is 4.52. The number of halogens is 1. The molecule has 1 saturated carbocycles. The fourth-order valence-electron chi connectivity index (χ4n) is 2.84. The fourth-order valence-corrected chi connectivity index (χ4v) is 3.75. The minimum Gasteiger partial charge on any atom is -0.389 e. The van der Waals surface area contributed by atoms with Crippen LogP contribution in [0.3, 0.4) is 0 Å². The Bertz CT molecular complexity index is 441. The second kappa shape index (κ2) is 6.02. The first-order valence-corrected chi connectivity index (χ1v) is 7.70. The average molecular weight is 327 g/mol. The van der Waals surface area contributed by atoms with Crippen LogP contribution >= 0.6 is 28.1 Å². The third-order valence-electron chi connectivity index (χ3n) is 3.65. The van der Waals surface area contributed by atoms with E-state index in [0.29, 0.717) is 11.0 Å². The molecule has 1 aliphatic carbocycles. The molecule has 2 nitrogen and oxygen atoms in total. The lowest BCUT2D eigenvalue weighted by molar-refractivity contribution is 0.619. The Morgan fingerprint density at radius 2 is 2.11 bits per heavy atom. The molecule has 0 radical (unpaired) electrons. The number of rotatable bonds is 4. The van der Waals surface area contributed by atoms with Crippen LogP contribution in [0.25, 0.3) is 0 Å². The van der Waals surface area contributed by atoms with Gasteiger partial charge in [-0.2, -0.15) is 0 Å². The van der Waals surface area contributed by atoms with E-state index < -0.39 is 0 Å². The van der Waals surface area contributed by atoms with Crippen molar-refractivity contribution in [3.8, 4) is 0 Å². The minimum absolute atomic E-state index is 0.467. The molecule has 4 heteroatoms. The van der Waals surface area contributed by atoms with Gasteiger partial charge in [-0.05, 0) is 47.8 Å². The molecule has 0 saturated heterocycles. The highest BCUT2D eigenvalue weighted by Crippen LogP contribution is 2.33. The van der Waals surface area contributed by atoms with E-state index in [4.69, 9.17) is 18.0 Å². The summed E-state index contributed by atoms with van der Waals surface area (Å²) in [5.41, 5.74) is 8.03. The highest BCUT2D eigenvalue weighted by atomic mass is 79.9. The topological polar surface area (TPSA) is 29.3 Å². The van der Waals surface area contributed by atoms with Crippen molar-refractivity contribution in [3.63, 3.8) is 0 Å². The molecule has 1 aromatic rings. The summed E-state index contributed by atoms with van der Waals surface area (Å²) in [5, 5.41) is 0. The van der Waals surface area contributed by atoms with Gasteiger partial charge >= 0.3 is 0 Å². The van der Waals surface area contributed by atoms with Crippen LogP contribution in [0.15, 0.2) is 22.7 Å². The lowest BCUT2D eigenvalue weighted by Crippen LogP contribution is -2.34. The van der Waals surface area contributed by atoms with Gasteiger partial charge in [-0.25, -0.2) is 0 Å². The van der Waals surface area contributed by atoms with E-state index in [0.717, 1.165) is 16.6 Å². The molecule has 0 aromatic heterocycles. The number of benzene rings is 1. The zero-order valence-electron chi connectivity index (χ0n) is 10.7. The predicted molar refractivity (Wildman–Crippen MR) is 85.3 cm³/mol. The van der Waals surface area contributed by atoms with Crippen molar-refractivity contribution >= 4 is 38.8 Å². The molecule has 1 aromatic carbocycles. The standard InChI is InChI=1S/C14H19BrN2S/c1-2-17(10-6-3-4-7-10)12-9-5-8-11(15)13(12)14(16)18/h5,8-10H,2-4,6-7H2,1H3,(H2,16,18). The highest BCUT2D eigenvalue weighted by Gasteiger charge is 2.24. The summed E-state index contributed by atoms with van der Waals surface area (Å²) in [4.78, 5) is 2.92. The molecule has 0 atom stereocenters. The van der Waals surface area contributed by atoms with Crippen LogP contribution in [0.1, 0.15) is 38.2 Å².